The van der Waals surface area contributed by atoms with Crippen LogP contribution in [-0.2, 0) is 28.9 Å². The molecule has 0 fully saturated rings. The molecule has 4 nitrogen and oxygen atoms in total. The Kier molecular flexibility index (Phi) is 6.20. The Balaban J connectivity index is 1.89. The number of carbonyl (C=O) groups excluding carboxylic acids is 2. The molecule has 0 saturated heterocycles. The summed E-state index contributed by atoms with van der Waals surface area (Å²) in [6.07, 6.45) is -4.62. The van der Waals surface area contributed by atoms with E-state index in [0.717, 1.165) is 12.1 Å². The van der Waals surface area contributed by atoms with Gasteiger partial charge in [-0.2, -0.15) is 13.2 Å². The van der Waals surface area contributed by atoms with Crippen molar-refractivity contribution in [2.24, 2.45) is 0 Å². The average molecular weight is 389 g/mol. The Bertz CT molecular complexity index is 807. The minimum Gasteiger partial charge on any atom is -0.344 e. The Labute approximate surface area is 151 Å². The maximum Gasteiger partial charge on any atom is 0.417 e. The van der Waals surface area contributed by atoms with Gasteiger partial charge in [-0.15, -0.1) is 0 Å². The maximum atomic E-state index is 12.8. The summed E-state index contributed by atoms with van der Waals surface area (Å²) in [6.45, 7) is -0.269. The van der Waals surface area contributed by atoms with Crippen LogP contribution in [0.4, 0.5) is 17.6 Å². The van der Waals surface area contributed by atoms with Crippen molar-refractivity contribution in [3.63, 3.8) is 0 Å². The van der Waals surface area contributed by atoms with Crippen LogP contribution < -0.4 is 10.6 Å². The molecule has 0 aliphatic carbocycles. The molecule has 0 unspecified atom stereocenters. The highest BCUT2D eigenvalue weighted by atomic mass is 35.5. The van der Waals surface area contributed by atoms with Crippen LogP contribution in [0.5, 0.6) is 0 Å². The molecule has 0 aliphatic rings. The van der Waals surface area contributed by atoms with Gasteiger partial charge < -0.3 is 10.6 Å². The van der Waals surface area contributed by atoms with Gasteiger partial charge in [0.25, 0.3) is 0 Å². The smallest absolute Gasteiger partial charge is 0.344 e. The van der Waals surface area contributed by atoms with Gasteiger partial charge >= 0.3 is 18.0 Å². The molecule has 2 rings (SSSR count). The first-order valence-electron chi connectivity index (χ1n) is 7.33. The fourth-order valence-corrected chi connectivity index (χ4v) is 2.25. The van der Waals surface area contributed by atoms with E-state index in [1.807, 2.05) is 0 Å². The molecule has 2 aromatic carbocycles. The molecule has 0 aromatic heterocycles. The van der Waals surface area contributed by atoms with Crippen molar-refractivity contribution in [1.82, 2.24) is 10.6 Å². The molecular weight excluding hydrogens is 376 g/mol. The van der Waals surface area contributed by atoms with Crippen LogP contribution in [0.1, 0.15) is 16.7 Å². The first kappa shape index (κ1) is 19.7. The number of amides is 2. The van der Waals surface area contributed by atoms with Crippen LogP contribution >= 0.6 is 11.6 Å². The van der Waals surface area contributed by atoms with E-state index in [1.165, 1.54) is 30.3 Å². The van der Waals surface area contributed by atoms with Crippen molar-refractivity contribution in [3.05, 3.63) is 70.0 Å². The minimum atomic E-state index is -4.62. The van der Waals surface area contributed by atoms with Gasteiger partial charge in [0, 0.05) is 13.1 Å². The third-order valence-corrected chi connectivity index (χ3v) is 3.69. The van der Waals surface area contributed by atoms with E-state index in [9.17, 15) is 27.2 Å². The average Bonchev–Trinajstić information content (AvgIpc) is 2.59. The first-order chi connectivity index (χ1) is 12.2. The molecule has 0 spiro atoms. The molecule has 2 amide bonds. The number of nitrogens with one attached hydrogen (secondary N) is 2. The van der Waals surface area contributed by atoms with Crippen LogP contribution in [0, 0.1) is 5.82 Å². The number of carbonyl (C=O) groups is 2. The van der Waals surface area contributed by atoms with Gasteiger partial charge in [0.05, 0.1) is 10.6 Å². The molecule has 26 heavy (non-hydrogen) atoms. The zero-order chi connectivity index (χ0) is 19.3. The number of hydrogen-bond donors (Lipinski definition) is 2. The molecule has 0 aliphatic heterocycles. The summed E-state index contributed by atoms with van der Waals surface area (Å²) in [5.41, 5.74) is -0.298. The molecule has 0 bridgehead atoms. The summed E-state index contributed by atoms with van der Waals surface area (Å²) in [5.74, 6) is -2.39. The van der Waals surface area contributed by atoms with E-state index in [-0.39, 0.29) is 18.7 Å². The molecule has 2 N–H and O–H groups in total. The van der Waals surface area contributed by atoms with Gasteiger partial charge in [0.2, 0.25) is 0 Å². The summed E-state index contributed by atoms with van der Waals surface area (Å²) in [4.78, 5) is 23.4. The largest absolute Gasteiger partial charge is 0.417 e. The molecule has 0 radical (unpaired) electrons. The van der Waals surface area contributed by atoms with Crippen LogP contribution in [0.25, 0.3) is 0 Å². The summed E-state index contributed by atoms with van der Waals surface area (Å²) < 4.78 is 51.1. The summed E-state index contributed by atoms with van der Waals surface area (Å²) in [6, 6.07) is 8.49. The summed E-state index contributed by atoms with van der Waals surface area (Å²) in [5, 5.41) is 4.09. The van der Waals surface area contributed by atoms with E-state index in [0.29, 0.717) is 5.56 Å². The monoisotopic (exact) mass is 388 g/mol. The van der Waals surface area contributed by atoms with E-state index < -0.39 is 34.4 Å². The summed E-state index contributed by atoms with van der Waals surface area (Å²) in [7, 11) is 0. The highest BCUT2D eigenvalue weighted by Gasteiger charge is 2.33. The van der Waals surface area contributed by atoms with Crippen LogP contribution in [0.3, 0.4) is 0 Å². The quantitative estimate of drug-likeness (QED) is 0.623. The SMILES string of the molecule is O=C(NCc1ccc(F)cc1)C(=O)NCc1ccc(Cl)c(C(F)(F)F)c1. The van der Waals surface area contributed by atoms with E-state index in [2.05, 4.69) is 10.6 Å². The molecule has 138 valence electrons. The normalized spacial score (nSPS) is 11.1. The number of rotatable bonds is 4. The lowest BCUT2D eigenvalue weighted by molar-refractivity contribution is -0.139. The van der Waals surface area contributed by atoms with Crippen molar-refractivity contribution >= 4 is 23.4 Å². The zero-order valence-electron chi connectivity index (χ0n) is 13.2. The predicted octanol–water partition coefficient (Wildman–Crippen LogP) is 3.43. The lowest BCUT2D eigenvalue weighted by atomic mass is 10.1. The Morgan fingerprint density at radius 1 is 0.885 bits per heavy atom. The third kappa shape index (κ3) is 5.45. The lowest BCUT2D eigenvalue weighted by Gasteiger charge is -2.11. The number of alkyl halides is 3. The first-order valence-corrected chi connectivity index (χ1v) is 7.70. The minimum absolute atomic E-state index is 0.00565. The zero-order valence-corrected chi connectivity index (χ0v) is 13.9. The van der Waals surface area contributed by atoms with Gasteiger partial charge in [-0.3, -0.25) is 9.59 Å². The van der Waals surface area contributed by atoms with Crippen molar-refractivity contribution in [2.75, 3.05) is 0 Å². The van der Waals surface area contributed by atoms with Crippen molar-refractivity contribution in [1.29, 1.82) is 0 Å². The fraction of sp³-hybridized carbons (Fsp3) is 0.176. The van der Waals surface area contributed by atoms with Crippen molar-refractivity contribution < 1.29 is 27.2 Å². The topological polar surface area (TPSA) is 58.2 Å². The Morgan fingerprint density at radius 2 is 1.38 bits per heavy atom. The maximum absolute atomic E-state index is 12.8. The standard InChI is InChI=1S/C17H13ClF4N2O2/c18-14-6-3-11(7-13(14)17(20,21)22)9-24-16(26)15(25)23-8-10-1-4-12(19)5-2-10/h1-7H,8-9H2,(H,23,25)(H,24,26). The highest BCUT2D eigenvalue weighted by Crippen LogP contribution is 2.35. The van der Waals surface area contributed by atoms with Gasteiger partial charge in [-0.25, -0.2) is 4.39 Å². The predicted molar refractivity (Wildman–Crippen MR) is 86.5 cm³/mol. The second-order valence-electron chi connectivity index (χ2n) is 5.30. The molecule has 0 heterocycles. The second kappa shape index (κ2) is 8.18. The lowest BCUT2D eigenvalue weighted by Crippen LogP contribution is -2.39. The Hall–Kier alpha value is -2.61. The van der Waals surface area contributed by atoms with E-state index >= 15 is 0 Å². The highest BCUT2D eigenvalue weighted by molar-refractivity contribution is 6.35. The molecule has 0 saturated carbocycles. The van der Waals surface area contributed by atoms with Crippen molar-refractivity contribution in [3.8, 4) is 0 Å². The van der Waals surface area contributed by atoms with E-state index in [1.54, 1.807) is 0 Å². The third-order valence-electron chi connectivity index (χ3n) is 3.36. The molecule has 2 aromatic rings. The Morgan fingerprint density at radius 3 is 1.92 bits per heavy atom. The van der Waals surface area contributed by atoms with E-state index in [4.69, 9.17) is 11.6 Å². The number of halogens is 5. The fourth-order valence-electron chi connectivity index (χ4n) is 2.03. The molecule has 0 atom stereocenters. The summed E-state index contributed by atoms with van der Waals surface area (Å²) >= 11 is 5.51. The number of benzene rings is 2. The van der Waals surface area contributed by atoms with Gasteiger partial charge in [0.15, 0.2) is 0 Å². The van der Waals surface area contributed by atoms with Crippen LogP contribution in [0.15, 0.2) is 42.5 Å². The van der Waals surface area contributed by atoms with Crippen LogP contribution in [-0.4, -0.2) is 11.8 Å². The van der Waals surface area contributed by atoms with Gasteiger partial charge in [-0.05, 0) is 35.4 Å². The number of hydrogen-bond acceptors (Lipinski definition) is 2. The van der Waals surface area contributed by atoms with Gasteiger partial charge in [0.1, 0.15) is 5.82 Å². The molecular formula is C17H13ClF4N2O2. The second-order valence-corrected chi connectivity index (χ2v) is 5.71. The van der Waals surface area contributed by atoms with Gasteiger partial charge in [-0.1, -0.05) is 29.8 Å². The molecule has 9 heteroatoms. The van der Waals surface area contributed by atoms with Crippen molar-refractivity contribution in [2.45, 2.75) is 19.3 Å². The van der Waals surface area contributed by atoms with Crippen LogP contribution in [0.2, 0.25) is 5.02 Å².